The SMILES string of the molecule is COc1ccc([C@]2(C)NC(=O)N(CC(=O)Nc3sc4c(c3C(N)=O)CCC4)C2=O)cc1. The highest BCUT2D eigenvalue weighted by molar-refractivity contribution is 7.17. The number of aryl methyl sites for hydroxylation is 1. The molecular formula is C21H22N4O5S. The van der Waals surface area contributed by atoms with Crippen molar-refractivity contribution in [3.05, 3.63) is 45.8 Å². The lowest BCUT2D eigenvalue weighted by Crippen LogP contribution is -2.42. The highest BCUT2D eigenvalue weighted by atomic mass is 32.1. The predicted molar refractivity (Wildman–Crippen MR) is 114 cm³/mol. The van der Waals surface area contributed by atoms with Gasteiger partial charge in [-0.15, -0.1) is 11.3 Å². The average molecular weight is 442 g/mol. The van der Waals surface area contributed by atoms with E-state index in [1.165, 1.54) is 18.4 Å². The van der Waals surface area contributed by atoms with Gasteiger partial charge in [0.25, 0.3) is 11.8 Å². The van der Waals surface area contributed by atoms with E-state index >= 15 is 0 Å². The number of anilines is 1. The lowest BCUT2D eigenvalue weighted by Gasteiger charge is -2.22. The van der Waals surface area contributed by atoms with Gasteiger partial charge in [-0.3, -0.25) is 19.3 Å². The highest BCUT2D eigenvalue weighted by Crippen LogP contribution is 2.39. The zero-order valence-corrected chi connectivity index (χ0v) is 17.9. The van der Waals surface area contributed by atoms with Crippen LogP contribution >= 0.6 is 11.3 Å². The van der Waals surface area contributed by atoms with Gasteiger partial charge in [-0.05, 0) is 49.4 Å². The number of hydrogen-bond donors (Lipinski definition) is 3. The number of ether oxygens (including phenoxy) is 1. The number of nitrogens with one attached hydrogen (secondary N) is 2. The van der Waals surface area contributed by atoms with E-state index in [2.05, 4.69) is 10.6 Å². The third-order valence-corrected chi connectivity index (χ3v) is 6.87. The molecule has 9 nitrogen and oxygen atoms in total. The van der Waals surface area contributed by atoms with Crippen LogP contribution < -0.4 is 21.1 Å². The molecule has 5 amide bonds. The molecule has 1 fully saturated rings. The van der Waals surface area contributed by atoms with E-state index in [9.17, 15) is 19.2 Å². The quantitative estimate of drug-likeness (QED) is 0.587. The molecule has 4 N–H and O–H groups in total. The number of imide groups is 1. The van der Waals surface area contributed by atoms with Crippen LogP contribution in [0.2, 0.25) is 0 Å². The number of amides is 5. The van der Waals surface area contributed by atoms with Crippen LogP contribution in [0.5, 0.6) is 5.75 Å². The molecule has 0 radical (unpaired) electrons. The lowest BCUT2D eigenvalue weighted by atomic mass is 9.92. The van der Waals surface area contributed by atoms with E-state index < -0.39 is 35.8 Å². The van der Waals surface area contributed by atoms with Crippen LogP contribution in [0.1, 0.15) is 39.7 Å². The van der Waals surface area contributed by atoms with E-state index in [0.29, 0.717) is 21.9 Å². The van der Waals surface area contributed by atoms with E-state index in [4.69, 9.17) is 10.5 Å². The van der Waals surface area contributed by atoms with Gasteiger partial charge >= 0.3 is 6.03 Å². The zero-order valence-electron chi connectivity index (χ0n) is 17.1. The van der Waals surface area contributed by atoms with Crippen molar-refractivity contribution in [1.82, 2.24) is 10.2 Å². The Labute approximate surface area is 182 Å². The molecule has 162 valence electrons. The number of nitrogens with zero attached hydrogens (tertiary/aromatic N) is 1. The minimum Gasteiger partial charge on any atom is -0.497 e. The second kappa shape index (κ2) is 7.69. The standard InChI is InChI=1S/C21H22N4O5S/c1-21(11-6-8-12(30-2)9-7-11)19(28)25(20(29)24-21)10-15(26)23-18-16(17(22)27)13-4-3-5-14(13)31-18/h6-9H,3-5,10H2,1-2H3,(H2,22,27)(H,23,26)(H,24,29)/t21-/m0/s1. The number of fused-ring (bicyclic) bond motifs is 1. The van der Waals surface area contributed by atoms with Crippen LogP contribution in [0.3, 0.4) is 0 Å². The van der Waals surface area contributed by atoms with Gasteiger partial charge in [0.05, 0.1) is 12.7 Å². The summed E-state index contributed by atoms with van der Waals surface area (Å²) in [6.07, 6.45) is 2.53. The van der Waals surface area contributed by atoms with Gasteiger partial charge < -0.3 is 21.1 Å². The van der Waals surface area contributed by atoms with Gasteiger partial charge in [-0.1, -0.05) is 12.1 Å². The van der Waals surface area contributed by atoms with Crippen molar-refractivity contribution < 1.29 is 23.9 Å². The molecule has 1 aromatic carbocycles. The molecule has 0 unspecified atom stereocenters. The Balaban J connectivity index is 1.51. The van der Waals surface area contributed by atoms with E-state index in [-0.39, 0.29) is 0 Å². The first-order chi connectivity index (χ1) is 14.7. The fourth-order valence-corrected chi connectivity index (χ4v) is 5.33. The van der Waals surface area contributed by atoms with Crippen LogP contribution in [0.25, 0.3) is 0 Å². The Bertz CT molecular complexity index is 1090. The first-order valence-corrected chi connectivity index (χ1v) is 10.6. The smallest absolute Gasteiger partial charge is 0.325 e. The Morgan fingerprint density at radius 1 is 1.26 bits per heavy atom. The fourth-order valence-electron chi connectivity index (χ4n) is 4.02. The minimum atomic E-state index is -1.30. The lowest BCUT2D eigenvalue weighted by molar-refractivity contribution is -0.133. The number of nitrogens with two attached hydrogens (primary N) is 1. The molecular weight excluding hydrogens is 420 g/mol. The Morgan fingerprint density at radius 2 is 1.97 bits per heavy atom. The van der Waals surface area contributed by atoms with Crippen molar-refractivity contribution in [2.24, 2.45) is 5.73 Å². The topological polar surface area (TPSA) is 131 Å². The maximum Gasteiger partial charge on any atom is 0.325 e. The number of rotatable bonds is 6. The van der Waals surface area contributed by atoms with Crippen LogP contribution in [0, 0.1) is 0 Å². The van der Waals surface area contributed by atoms with Crippen LogP contribution in [-0.2, 0) is 28.0 Å². The maximum atomic E-state index is 13.0. The molecule has 0 saturated carbocycles. The molecule has 2 aromatic rings. The van der Waals surface area contributed by atoms with Crippen molar-refractivity contribution >= 4 is 40.1 Å². The Kier molecular flexibility index (Phi) is 5.18. The van der Waals surface area contributed by atoms with Crippen LogP contribution in [0.15, 0.2) is 24.3 Å². The van der Waals surface area contributed by atoms with Gasteiger partial charge in [0.2, 0.25) is 5.91 Å². The number of benzene rings is 1. The summed E-state index contributed by atoms with van der Waals surface area (Å²) in [6, 6.07) is 6.09. The molecule has 1 saturated heterocycles. The largest absolute Gasteiger partial charge is 0.497 e. The number of methoxy groups -OCH3 is 1. The number of hydrogen-bond acceptors (Lipinski definition) is 6. The zero-order chi connectivity index (χ0) is 22.3. The molecule has 31 heavy (non-hydrogen) atoms. The fraction of sp³-hybridized carbons (Fsp3) is 0.333. The Morgan fingerprint density at radius 3 is 2.61 bits per heavy atom. The van der Waals surface area contributed by atoms with Crippen molar-refractivity contribution in [2.45, 2.75) is 31.7 Å². The Hall–Kier alpha value is -3.40. The van der Waals surface area contributed by atoms with Crippen LogP contribution in [-0.4, -0.2) is 42.3 Å². The van der Waals surface area contributed by atoms with Crippen molar-refractivity contribution in [3.8, 4) is 5.75 Å². The third-order valence-electron chi connectivity index (χ3n) is 5.66. The predicted octanol–water partition coefficient (Wildman–Crippen LogP) is 1.75. The molecule has 2 aliphatic rings. The molecule has 10 heteroatoms. The van der Waals surface area contributed by atoms with E-state index in [1.54, 1.807) is 31.2 Å². The highest BCUT2D eigenvalue weighted by Gasteiger charge is 2.49. The van der Waals surface area contributed by atoms with Crippen LogP contribution in [0.4, 0.5) is 9.80 Å². The maximum absolute atomic E-state index is 13.0. The molecule has 1 aliphatic heterocycles. The normalized spacial score (nSPS) is 19.9. The van der Waals surface area contributed by atoms with Gasteiger partial charge in [0.1, 0.15) is 22.8 Å². The number of primary amides is 1. The first kappa shape index (κ1) is 20.9. The molecule has 0 bridgehead atoms. The summed E-state index contributed by atoms with van der Waals surface area (Å²) in [5.74, 6) is -1.10. The molecule has 4 rings (SSSR count). The second-order valence-corrected chi connectivity index (χ2v) is 8.75. The molecule has 1 atom stereocenters. The first-order valence-electron chi connectivity index (χ1n) is 9.77. The molecule has 1 aliphatic carbocycles. The van der Waals surface area contributed by atoms with E-state index in [0.717, 1.165) is 34.6 Å². The summed E-state index contributed by atoms with van der Waals surface area (Å²) in [5.41, 5.74) is 5.99. The number of carbonyl (C=O) groups is 4. The second-order valence-electron chi connectivity index (χ2n) is 7.65. The van der Waals surface area contributed by atoms with Crippen molar-refractivity contribution in [3.63, 3.8) is 0 Å². The number of urea groups is 1. The van der Waals surface area contributed by atoms with E-state index in [1.807, 2.05) is 0 Å². The minimum absolute atomic E-state index is 0.325. The summed E-state index contributed by atoms with van der Waals surface area (Å²) in [6.45, 7) is 1.11. The number of thiophene rings is 1. The van der Waals surface area contributed by atoms with Crippen molar-refractivity contribution in [1.29, 1.82) is 0 Å². The summed E-state index contributed by atoms with van der Waals surface area (Å²) < 4.78 is 5.12. The number of carbonyl (C=O) groups excluding carboxylic acids is 4. The summed E-state index contributed by atoms with van der Waals surface area (Å²) in [7, 11) is 1.53. The average Bonchev–Trinajstić information content (AvgIpc) is 3.37. The summed E-state index contributed by atoms with van der Waals surface area (Å²) in [5, 5.41) is 5.69. The molecule has 1 aromatic heterocycles. The molecule has 2 heterocycles. The van der Waals surface area contributed by atoms with Gasteiger partial charge in [0, 0.05) is 4.88 Å². The summed E-state index contributed by atoms with van der Waals surface area (Å²) in [4.78, 5) is 52.0. The van der Waals surface area contributed by atoms with Gasteiger partial charge in [-0.2, -0.15) is 0 Å². The molecule has 0 spiro atoms. The van der Waals surface area contributed by atoms with Gasteiger partial charge in [0.15, 0.2) is 0 Å². The monoisotopic (exact) mass is 442 g/mol. The third kappa shape index (κ3) is 3.52. The summed E-state index contributed by atoms with van der Waals surface area (Å²) >= 11 is 1.32. The van der Waals surface area contributed by atoms with Gasteiger partial charge in [-0.25, -0.2) is 4.79 Å². The van der Waals surface area contributed by atoms with Crippen molar-refractivity contribution in [2.75, 3.05) is 19.0 Å².